The summed E-state index contributed by atoms with van der Waals surface area (Å²) in [5.41, 5.74) is 3.29. The maximum Gasteiger partial charge on any atom is 0.239 e. The van der Waals surface area contributed by atoms with E-state index in [1.807, 2.05) is 30.3 Å². The Morgan fingerprint density at radius 1 is 1.04 bits per heavy atom. The minimum Gasteiger partial charge on any atom is -0.354 e. The fourth-order valence-corrected chi connectivity index (χ4v) is 2.47. The second-order valence-electron chi connectivity index (χ2n) is 6.74. The van der Waals surface area contributed by atoms with E-state index in [1.165, 1.54) is 18.4 Å². The number of nitrogens with zero attached hydrogens (tertiary/aromatic N) is 1. The molecule has 0 radical (unpaired) electrons. The molecule has 0 bridgehead atoms. The predicted octanol–water partition coefficient (Wildman–Crippen LogP) is 3.70. The minimum absolute atomic E-state index is 0. The SMILES string of the molecule is Cc1ccc(CN=C(NCC(=O)NCC2CC2)Nc2ccccc2)cc1.I. The van der Waals surface area contributed by atoms with Gasteiger partial charge in [-0.2, -0.15) is 0 Å². The van der Waals surface area contributed by atoms with Gasteiger partial charge in [0.25, 0.3) is 0 Å². The maximum absolute atomic E-state index is 12.0. The van der Waals surface area contributed by atoms with Crippen LogP contribution in [0.5, 0.6) is 0 Å². The third-order valence-electron chi connectivity index (χ3n) is 4.28. The van der Waals surface area contributed by atoms with Crippen molar-refractivity contribution in [2.24, 2.45) is 10.9 Å². The van der Waals surface area contributed by atoms with E-state index in [0.29, 0.717) is 18.4 Å². The molecule has 0 heterocycles. The Morgan fingerprint density at radius 2 is 1.74 bits per heavy atom. The highest BCUT2D eigenvalue weighted by atomic mass is 127. The Balaban J connectivity index is 0.00000261. The number of carbonyl (C=O) groups excluding carboxylic acids is 1. The van der Waals surface area contributed by atoms with Crippen LogP contribution in [0.4, 0.5) is 5.69 Å². The lowest BCUT2D eigenvalue weighted by atomic mass is 10.1. The molecule has 0 aliphatic heterocycles. The molecule has 5 nitrogen and oxygen atoms in total. The maximum atomic E-state index is 12.0. The zero-order valence-electron chi connectivity index (χ0n) is 15.6. The lowest BCUT2D eigenvalue weighted by Crippen LogP contribution is -2.40. The molecule has 1 fully saturated rings. The molecule has 2 aromatic carbocycles. The predicted molar refractivity (Wildman–Crippen MR) is 122 cm³/mol. The molecule has 1 aliphatic carbocycles. The van der Waals surface area contributed by atoms with Crippen LogP contribution in [-0.4, -0.2) is 25.0 Å². The van der Waals surface area contributed by atoms with E-state index in [4.69, 9.17) is 0 Å². The zero-order valence-corrected chi connectivity index (χ0v) is 17.9. The monoisotopic (exact) mass is 478 g/mol. The van der Waals surface area contributed by atoms with Crippen molar-refractivity contribution in [1.82, 2.24) is 10.6 Å². The molecule has 3 N–H and O–H groups in total. The smallest absolute Gasteiger partial charge is 0.239 e. The molecule has 3 rings (SSSR count). The van der Waals surface area contributed by atoms with Gasteiger partial charge in [0.05, 0.1) is 13.1 Å². The Labute approximate surface area is 178 Å². The van der Waals surface area contributed by atoms with Crippen LogP contribution in [0, 0.1) is 12.8 Å². The molecule has 2 aromatic rings. The molecule has 6 heteroatoms. The van der Waals surface area contributed by atoms with Gasteiger partial charge in [-0.1, -0.05) is 48.0 Å². The number of amides is 1. The molecule has 27 heavy (non-hydrogen) atoms. The number of benzene rings is 2. The van der Waals surface area contributed by atoms with Gasteiger partial charge in [0.2, 0.25) is 5.91 Å². The summed E-state index contributed by atoms with van der Waals surface area (Å²) in [6.07, 6.45) is 2.46. The highest BCUT2D eigenvalue weighted by Gasteiger charge is 2.21. The van der Waals surface area contributed by atoms with Crippen LogP contribution >= 0.6 is 24.0 Å². The second-order valence-corrected chi connectivity index (χ2v) is 6.74. The summed E-state index contributed by atoms with van der Waals surface area (Å²) >= 11 is 0. The summed E-state index contributed by atoms with van der Waals surface area (Å²) in [7, 11) is 0. The van der Waals surface area contributed by atoms with E-state index < -0.39 is 0 Å². The molecule has 1 saturated carbocycles. The van der Waals surface area contributed by atoms with Crippen molar-refractivity contribution in [3.63, 3.8) is 0 Å². The van der Waals surface area contributed by atoms with Gasteiger partial charge in [-0.25, -0.2) is 4.99 Å². The number of hydrogen-bond donors (Lipinski definition) is 3. The largest absolute Gasteiger partial charge is 0.354 e. The summed E-state index contributed by atoms with van der Waals surface area (Å²) in [6, 6.07) is 18.1. The van der Waals surface area contributed by atoms with Crippen molar-refractivity contribution in [2.75, 3.05) is 18.4 Å². The Bertz CT molecular complexity index is 743. The van der Waals surface area contributed by atoms with Gasteiger partial charge in [0.15, 0.2) is 5.96 Å². The molecule has 0 aromatic heterocycles. The molecule has 0 unspecified atom stereocenters. The van der Waals surface area contributed by atoms with E-state index in [-0.39, 0.29) is 36.4 Å². The van der Waals surface area contributed by atoms with E-state index in [2.05, 4.69) is 52.1 Å². The first-order valence-corrected chi connectivity index (χ1v) is 9.11. The Hall–Kier alpha value is -2.09. The molecule has 1 amide bonds. The van der Waals surface area contributed by atoms with Crippen LogP contribution in [0.1, 0.15) is 24.0 Å². The van der Waals surface area contributed by atoms with Gasteiger partial charge in [0, 0.05) is 12.2 Å². The van der Waals surface area contributed by atoms with Crippen molar-refractivity contribution in [2.45, 2.75) is 26.3 Å². The van der Waals surface area contributed by atoms with Crippen LogP contribution in [0.2, 0.25) is 0 Å². The topological polar surface area (TPSA) is 65.5 Å². The third-order valence-corrected chi connectivity index (χ3v) is 4.28. The van der Waals surface area contributed by atoms with Gasteiger partial charge in [-0.3, -0.25) is 4.79 Å². The van der Waals surface area contributed by atoms with Crippen molar-refractivity contribution >= 4 is 41.5 Å². The number of aliphatic imine (C=N–C) groups is 1. The number of hydrogen-bond acceptors (Lipinski definition) is 2. The van der Waals surface area contributed by atoms with E-state index in [0.717, 1.165) is 17.8 Å². The number of nitrogens with one attached hydrogen (secondary N) is 3. The summed E-state index contributed by atoms with van der Waals surface area (Å²) in [6.45, 7) is 3.60. The number of guanidine groups is 1. The summed E-state index contributed by atoms with van der Waals surface area (Å²) in [5.74, 6) is 1.27. The molecule has 0 saturated heterocycles. The average molecular weight is 478 g/mol. The van der Waals surface area contributed by atoms with Gasteiger partial charge in [0.1, 0.15) is 0 Å². The molecule has 0 atom stereocenters. The van der Waals surface area contributed by atoms with E-state index in [1.54, 1.807) is 0 Å². The fraction of sp³-hybridized carbons (Fsp3) is 0.333. The van der Waals surface area contributed by atoms with Crippen molar-refractivity contribution in [1.29, 1.82) is 0 Å². The molecule has 1 aliphatic rings. The van der Waals surface area contributed by atoms with Crippen molar-refractivity contribution in [3.05, 3.63) is 65.7 Å². The number of halogens is 1. The van der Waals surface area contributed by atoms with Gasteiger partial charge < -0.3 is 16.0 Å². The van der Waals surface area contributed by atoms with Gasteiger partial charge in [-0.05, 0) is 43.4 Å². The molecular formula is C21H27IN4O. The lowest BCUT2D eigenvalue weighted by Gasteiger charge is -2.13. The van der Waals surface area contributed by atoms with E-state index in [9.17, 15) is 4.79 Å². The summed E-state index contributed by atoms with van der Waals surface area (Å²) in [5, 5.41) is 9.33. The van der Waals surface area contributed by atoms with Crippen LogP contribution in [0.3, 0.4) is 0 Å². The number of aryl methyl sites for hydroxylation is 1. The number of para-hydroxylation sites is 1. The first kappa shape index (κ1) is 21.2. The first-order chi connectivity index (χ1) is 12.7. The highest BCUT2D eigenvalue weighted by Crippen LogP contribution is 2.27. The minimum atomic E-state index is -0.00482. The first-order valence-electron chi connectivity index (χ1n) is 9.11. The average Bonchev–Trinajstić information content (AvgIpc) is 3.49. The highest BCUT2D eigenvalue weighted by molar-refractivity contribution is 14.0. The van der Waals surface area contributed by atoms with Crippen LogP contribution in [0.15, 0.2) is 59.6 Å². The summed E-state index contributed by atoms with van der Waals surface area (Å²) < 4.78 is 0. The Kier molecular flexibility index (Phi) is 8.57. The quantitative estimate of drug-likeness (QED) is 0.323. The third kappa shape index (κ3) is 7.99. The number of anilines is 1. The van der Waals surface area contributed by atoms with E-state index >= 15 is 0 Å². The number of carbonyl (C=O) groups is 1. The number of rotatable bonds is 7. The van der Waals surface area contributed by atoms with Gasteiger partial charge >= 0.3 is 0 Å². The normalized spacial score (nSPS) is 13.4. The van der Waals surface area contributed by atoms with Crippen LogP contribution in [0.25, 0.3) is 0 Å². The Morgan fingerprint density at radius 3 is 2.41 bits per heavy atom. The standard InChI is InChI=1S/C21H26N4O.HI/c1-16-7-9-17(10-8-16)14-23-21(25-19-5-3-2-4-6-19)24-15-20(26)22-13-18-11-12-18;/h2-10,18H,11-15H2,1H3,(H,22,26)(H2,23,24,25);1H. The summed E-state index contributed by atoms with van der Waals surface area (Å²) in [4.78, 5) is 16.6. The van der Waals surface area contributed by atoms with Crippen LogP contribution in [-0.2, 0) is 11.3 Å². The fourth-order valence-electron chi connectivity index (χ4n) is 2.47. The zero-order chi connectivity index (χ0) is 18.2. The van der Waals surface area contributed by atoms with Gasteiger partial charge in [-0.15, -0.1) is 24.0 Å². The van der Waals surface area contributed by atoms with Crippen LogP contribution < -0.4 is 16.0 Å². The van der Waals surface area contributed by atoms with Crippen molar-refractivity contribution < 1.29 is 4.79 Å². The second kappa shape index (κ2) is 10.9. The van der Waals surface area contributed by atoms with Crippen molar-refractivity contribution in [3.8, 4) is 0 Å². The molecule has 0 spiro atoms. The molecule has 144 valence electrons. The molecular weight excluding hydrogens is 451 g/mol. The lowest BCUT2D eigenvalue weighted by molar-refractivity contribution is -0.120.